The monoisotopic (exact) mass is 250 g/mol. The Morgan fingerprint density at radius 2 is 1.56 bits per heavy atom. The smallest absolute Gasteiger partial charge is 0.0124 e. The van der Waals surface area contributed by atoms with Gasteiger partial charge in [-0.3, -0.25) is 4.90 Å². The molecule has 3 aliphatic rings. The molecule has 2 N–H and O–H groups in total. The fourth-order valence-electron chi connectivity index (χ4n) is 4.66. The molecule has 0 spiro atoms. The van der Waals surface area contributed by atoms with E-state index < -0.39 is 0 Å². The molecule has 104 valence electrons. The van der Waals surface area contributed by atoms with Gasteiger partial charge in [-0.2, -0.15) is 0 Å². The Hall–Kier alpha value is -0.0800. The first-order chi connectivity index (χ1) is 8.83. The van der Waals surface area contributed by atoms with Crippen molar-refractivity contribution in [1.29, 1.82) is 0 Å². The lowest BCUT2D eigenvalue weighted by atomic mass is 9.85. The first-order valence-corrected chi connectivity index (χ1v) is 8.32. The fourth-order valence-corrected chi connectivity index (χ4v) is 4.66. The molecule has 0 amide bonds. The highest BCUT2D eigenvalue weighted by molar-refractivity contribution is 4.89. The van der Waals surface area contributed by atoms with Gasteiger partial charge in [-0.25, -0.2) is 0 Å². The van der Waals surface area contributed by atoms with Gasteiger partial charge in [0.2, 0.25) is 0 Å². The topological polar surface area (TPSA) is 29.3 Å². The minimum atomic E-state index is 0.505. The van der Waals surface area contributed by atoms with E-state index in [0.717, 1.165) is 17.9 Å². The number of hydrogen-bond acceptors (Lipinski definition) is 2. The van der Waals surface area contributed by atoms with Gasteiger partial charge in [-0.15, -0.1) is 0 Å². The molecule has 2 nitrogen and oxygen atoms in total. The molecule has 0 aromatic rings. The molecule has 1 unspecified atom stereocenters. The van der Waals surface area contributed by atoms with Crippen molar-refractivity contribution in [3.63, 3.8) is 0 Å². The van der Waals surface area contributed by atoms with E-state index in [-0.39, 0.29) is 0 Å². The Morgan fingerprint density at radius 3 is 2.28 bits per heavy atom. The molecular weight excluding hydrogens is 220 g/mol. The van der Waals surface area contributed by atoms with E-state index >= 15 is 0 Å². The lowest BCUT2D eigenvalue weighted by Crippen LogP contribution is -2.39. The van der Waals surface area contributed by atoms with Crippen molar-refractivity contribution in [1.82, 2.24) is 4.90 Å². The standard InChI is InChI=1S/C16H30N2/c17-15-9-7-13(8-10-15)12-18-11-3-6-16(18)14-4-1-2-5-14/h13-16H,1-12,17H2. The maximum Gasteiger partial charge on any atom is 0.0124 e. The first-order valence-electron chi connectivity index (χ1n) is 8.32. The molecule has 3 fully saturated rings. The van der Waals surface area contributed by atoms with E-state index in [1.807, 2.05) is 0 Å². The second-order valence-electron chi connectivity index (χ2n) is 7.03. The molecule has 1 heterocycles. The van der Waals surface area contributed by atoms with Crippen molar-refractivity contribution < 1.29 is 0 Å². The van der Waals surface area contributed by atoms with Gasteiger partial charge in [-0.05, 0) is 69.7 Å². The normalized spacial score (nSPS) is 39.5. The molecule has 2 heteroatoms. The highest BCUT2D eigenvalue weighted by Crippen LogP contribution is 2.36. The van der Waals surface area contributed by atoms with Gasteiger partial charge in [0.05, 0.1) is 0 Å². The van der Waals surface area contributed by atoms with E-state index in [9.17, 15) is 0 Å². The molecule has 1 aliphatic heterocycles. The predicted octanol–water partition coefficient (Wildman–Crippen LogP) is 3.16. The van der Waals surface area contributed by atoms with Gasteiger partial charge in [0.15, 0.2) is 0 Å². The van der Waals surface area contributed by atoms with Crippen LogP contribution in [0.5, 0.6) is 0 Å². The SMILES string of the molecule is NC1CCC(CN2CCCC2C2CCCC2)CC1. The average molecular weight is 250 g/mol. The molecule has 0 radical (unpaired) electrons. The number of likely N-dealkylation sites (tertiary alicyclic amines) is 1. The molecule has 2 saturated carbocycles. The lowest BCUT2D eigenvalue weighted by molar-refractivity contribution is 0.145. The van der Waals surface area contributed by atoms with Crippen LogP contribution in [0.4, 0.5) is 0 Å². The third-order valence-corrected chi connectivity index (χ3v) is 5.74. The van der Waals surface area contributed by atoms with Gasteiger partial charge < -0.3 is 5.73 Å². The Morgan fingerprint density at radius 1 is 0.833 bits per heavy atom. The zero-order chi connectivity index (χ0) is 12.4. The average Bonchev–Trinajstić information content (AvgIpc) is 3.02. The van der Waals surface area contributed by atoms with E-state index in [2.05, 4.69) is 4.90 Å². The highest BCUT2D eigenvalue weighted by Gasteiger charge is 2.34. The van der Waals surface area contributed by atoms with Crippen LogP contribution in [-0.4, -0.2) is 30.1 Å². The van der Waals surface area contributed by atoms with Crippen molar-refractivity contribution in [3.8, 4) is 0 Å². The summed E-state index contributed by atoms with van der Waals surface area (Å²) in [5, 5.41) is 0. The highest BCUT2D eigenvalue weighted by atomic mass is 15.2. The van der Waals surface area contributed by atoms with Crippen LogP contribution >= 0.6 is 0 Å². The van der Waals surface area contributed by atoms with Crippen LogP contribution in [0.3, 0.4) is 0 Å². The second kappa shape index (κ2) is 5.92. The molecule has 1 saturated heterocycles. The van der Waals surface area contributed by atoms with Crippen molar-refractivity contribution in [2.24, 2.45) is 17.6 Å². The molecule has 0 aromatic carbocycles. The van der Waals surface area contributed by atoms with Crippen LogP contribution in [0.15, 0.2) is 0 Å². The quantitative estimate of drug-likeness (QED) is 0.833. The summed E-state index contributed by atoms with van der Waals surface area (Å²) in [5.41, 5.74) is 6.02. The maximum absolute atomic E-state index is 6.02. The van der Waals surface area contributed by atoms with E-state index in [1.165, 1.54) is 77.3 Å². The van der Waals surface area contributed by atoms with E-state index in [1.54, 1.807) is 0 Å². The maximum atomic E-state index is 6.02. The van der Waals surface area contributed by atoms with Gasteiger partial charge in [-0.1, -0.05) is 12.8 Å². The van der Waals surface area contributed by atoms with Crippen LogP contribution in [0.1, 0.15) is 64.2 Å². The summed E-state index contributed by atoms with van der Waals surface area (Å²) in [4.78, 5) is 2.86. The molecule has 0 bridgehead atoms. The molecule has 3 rings (SSSR count). The third kappa shape index (κ3) is 2.91. The fraction of sp³-hybridized carbons (Fsp3) is 1.00. The minimum Gasteiger partial charge on any atom is -0.328 e. The molecule has 0 aromatic heterocycles. The first kappa shape index (κ1) is 12.9. The number of rotatable bonds is 3. The van der Waals surface area contributed by atoms with Crippen LogP contribution in [0.2, 0.25) is 0 Å². The number of nitrogens with two attached hydrogens (primary N) is 1. The lowest BCUT2D eigenvalue weighted by Gasteiger charge is -2.34. The predicted molar refractivity (Wildman–Crippen MR) is 76.5 cm³/mol. The van der Waals surface area contributed by atoms with Crippen molar-refractivity contribution >= 4 is 0 Å². The minimum absolute atomic E-state index is 0.505. The summed E-state index contributed by atoms with van der Waals surface area (Å²) in [7, 11) is 0. The van der Waals surface area contributed by atoms with E-state index in [0.29, 0.717) is 6.04 Å². The van der Waals surface area contributed by atoms with Gasteiger partial charge >= 0.3 is 0 Å². The van der Waals surface area contributed by atoms with Crippen molar-refractivity contribution in [2.75, 3.05) is 13.1 Å². The molecule has 18 heavy (non-hydrogen) atoms. The van der Waals surface area contributed by atoms with E-state index in [4.69, 9.17) is 5.73 Å². The summed E-state index contributed by atoms with van der Waals surface area (Å²) >= 11 is 0. The summed E-state index contributed by atoms with van der Waals surface area (Å²) in [6, 6.07) is 1.45. The number of nitrogens with zero attached hydrogens (tertiary/aromatic N) is 1. The Bertz CT molecular complexity index is 252. The van der Waals surface area contributed by atoms with Gasteiger partial charge in [0, 0.05) is 18.6 Å². The Labute approximate surface area is 112 Å². The van der Waals surface area contributed by atoms with Gasteiger partial charge in [0.1, 0.15) is 0 Å². The largest absolute Gasteiger partial charge is 0.328 e. The molecular formula is C16H30N2. The molecule has 1 atom stereocenters. The zero-order valence-corrected chi connectivity index (χ0v) is 11.8. The van der Waals surface area contributed by atoms with Crippen LogP contribution in [0, 0.1) is 11.8 Å². The molecule has 2 aliphatic carbocycles. The zero-order valence-electron chi connectivity index (χ0n) is 11.8. The third-order valence-electron chi connectivity index (χ3n) is 5.74. The van der Waals surface area contributed by atoms with Crippen molar-refractivity contribution in [2.45, 2.75) is 76.3 Å². The Kier molecular flexibility index (Phi) is 4.25. The van der Waals surface area contributed by atoms with Crippen LogP contribution < -0.4 is 5.73 Å². The van der Waals surface area contributed by atoms with Crippen LogP contribution in [-0.2, 0) is 0 Å². The number of hydrogen-bond donors (Lipinski definition) is 1. The summed E-state index contributed by atoms with van der Waals surface area (Å²) in [6.07, 6.45) is 14.3. The van der Waals surface area contributed by atoms with Gasteiger partial charge in [0.25, 0.3) is 0 Å². The van der Waals surface area contributed by atoms with Crippen molar-refractivity contribution in [3.05, 3.63) is 0 Å². The Balaban J connectivity index is 1.51. The summed E-state index contributed by atoms with van der Waals surface area (Å²) in [5.74, 6) is 1.99. The second-order valence-corrected chi connectivity index (χ2v) is 7.03. The summed E-state index contributed by atoms with van der Waals surface area (Å²) in [6.45, 7) is 2.76. The summed E-state index contributed by atoms with van der Waals surface area (Å²) < 4.78 is 0. The van der Waals surface area contributed by atoms with Crippen LogP contribution in [0.25, 0.3) is 0 Å².